The fraction of sp³-hybridized carbons (Fsp3) is 0.364. The summed E-state index contributed by atoms with van der Waals surface area (Å²) in [5.41, 5.74) is 4.40. The van der Waals surface area contributed by atoms with Crippen molar-refractivity contribution in [3.8, 4) is 0 Å². The quantitative estimate of drug-likeness (QED) is 0.744. The Labute approximate surface area is 170 Å². The Balaban J connectivity index is 1.46. The first-order valence-electron chi connectivity index (χ1n) is 9.63. The van der Waals surface area contributed by atoms with E-state index in [2.05, 4.69) is 41.8 Å². The number of amides is 2. The predicted octanol–water partition coefficient (Wildman–Crippen LogP) is 3.41. The van der Waals surface area contributed by atoms with Crippen molar-refractivity contribution in [3.63, 3.8) is 0 Å². The van der Waals surface area contributed by atoms with E-state index in [1.807, 2.05) is 0 Å². The molecule has 146 valence electrons. The van der Waals surface area contributed by atoms with Crippen LogP contribution in [0.5, 0.6) is 0 Å². The Morgan fingerprint density at radius 1 is 0.964 bits per heavy atom. The Morgan fingerprint density at radius 3 is 2.39 bits per heavy atom. The van der Waals surface area contributed by atoms with Gasteiger partial charge in [0.25, 0.3) is 5.91 Å². The number of piperazine rings is 1. The highest BCUT2D eigenvalue weighted by Crippen LogP contribution is 2.29. The third-order valence-corrected chi connectivity index (χ3v) is 6.10. The number of aryl methyl sites for hydroxylation is 1. The third kappa shape index (κ3) is 3.40. The van der Waals surface area contributed by atoms with Crippen molar-refractivity contribution >= 4 is 34.8 Å². The molecule has 2 aliphatic rings. The molecular weight excluding hydrogens is 374 g/mol. The zero-order valence-corrected chi connectivity index (χ0v) is 16.9. The zero-order valence-electron chi connectivity index (χ0n) is 16.2. The first-order valence-corrected chi connectivity index (χ1v) is 10.0. The number of rotatable bonds is 3. The van der Waals surface area contributed by atoms with Gasteiger partial charge in [0.05, 0.1) is 18.2 Å². The minimum Gasteiger partial charge on any atom is -0.369 e. The zero-order chi connectivity index (χ0) is 19.8. The van der Waals surface area contributed by atoms with Crippen molar-refractivity contribution in [3.05, 3.63) is 58.6 Å². The number of halogens is 1. The molecule has 2 fully saturated rings. The summed E-state index contributed by atoms with van der Waals surface area (Å²) < 4.78 is 0. The van der Waals surface area contributed by atoms with E-state index in [0.29, 0.717) is 10.7 Å². The van der Waals surface area contributed by atoms with Crippen molar-refractivity contribution < 1.29 is 9.59 Å². The van der Waals surface area contributed by atoms with E-state index in [9.17, 15) is 9.59 Å². The summed E-state index contributed by atoms with van der Waals surface area (Å²) in [6.45, 7) is 7.50. The average Bonchev–Trinajstić information content (AvgIpc) is 2.98. The van der Waals surface area contributed by atoms with Gasteiger partial charge in [-0.05, 0) is 49.2 Å². The molecule has 6 heteroatoms. The molecule has 1 unspecified atom stereocenters. The lowest BCUT2D eigenvalue weighted by Gasteiger charge is -2.38. The van der Waals surface area contributed by atoms with Gasteiger partial charge in [0.2, 0.25) is 5.91 Å². The van der Waals surface area contributed by atoms with Crippen molar-refractivity contribution in [1.82, 2.24) is 4.90 Å². The summed E-state index contributed by atoms with van der Waals surface area (Å²) in [5, 5.41) is 0.517. The van der Waals surface area contributed by atoms with E-state index < -0.39 is 0 Å². The molecule has 0 aromatic heterocycles. The van der Waals surface area contributed by atoms with Crippen LogP contribution < -0.4 is 9.80 Å². The van der Waals surface area contributed by atoms with Crippen LogP contribution in [0.25, 0.3) is 0 Å². The number of carbonyl (C=O) groups excluding carboxylic acids is 2. The maximum atomic E-state index is 13.0. The van der Waals surface area contributed by atoms with Crippen LogP contribution in [0.3, 0.4) is 0 Å². The highest BCUT2D eigenvalue weighted by Gasteiger charge is 2.43. The molecule has 0 aliphatic carbocycles. The molecule has 2 aliphatic heterocycles. The summed E-state index contributed by atoms with van der Waals surface area (Å²) >= 11 is 6.04. The molecular formula is C22H24ClN3O2. The first kappa shape index (κ1) is 19.0. The highest BCUT2D eigenvalue weighted by molar-refractivity contribution is 6.31. The molecule has 2 aromatic carbocycles. The van der Waals surface area contributed by atoms with Crippen LogP contribution in [0.4, 0.5) is 11.4 Å². The Hall–Kier alpha value is -2.37. The SMILES string of the molecule is Cc1cccc(N2CCN(C3CC(=O)N(c4cccc(Cl)c4)C3=O)CC2)c1C. The molecule has 1 atom stereocenters. The maximum absolute atomic E-state index is 13.0. The molecule has 2 amide bonds. The smallest absolute Gasteiger partial charge is 0.251 e. The highest BCUT2D eigenvalue weighted by atomic mass is 35.5. The van der Waals surface area contributed by atoms with E-state index in [1.54, 1.807) is 24.3 Å². The van der Waals surface area contributed by atoms with Crippen LogP contribution in [-0.4, -0.2) is 48.9 Å². The fourth-order valence-corrected chi connectivity index (χ4v) is 4.32. The van der Waals surface area contributed by atoms with Crippen molar-refractivity contribution in [1.29, 1.82) is 0 Å². The lowest BCUT2D eigenvalue weighted by Crippen LogP contribution is -2.52. The van der Waals surface area contributed by atoms with Crippen LogP contribution in [0.1, 0.15) is 17.5 Å². The number of anilines is 2. The second kappa shape index (κ2) is 7.57. The van der Waals surface area contributed by atoms with E-state index in [-0.39, 0.29) is 24.3 Å². The van der Waals surface area contributed by atoms with Gasteiger partial charge in [-0.1, -0.05) is 29.8 Å². The predicted molar refractivity (Wildman–Crippen MR) is 112 cm³/mol. The summed E-state index contributed by atoms with van der Waals surface area (Å²) in [7, 11) is 0. The molecule has 4 rings (SSSR count). The second-order valence-electron chi connectivity index (χ2n) is 7.51. The van der Waals surface area contributed by atoms with Gasteiger partial charge < -0.3 is 4.90 Å². The Morgan fingerprint density at radius 2 is 1.68 bits per heavy atom. The van der Waals surface area contributed by atoms with Gasteiger partial charge in [-0.15, -0.1) is 0 Å². The maximum Gasteiger partial charge on any atom is 0.251 e. The Kier molecular flexibility index (Phi) is 5.13. The van der Waals surface area contributed by atoms with Crippen LogP contribution >= 0.6 is 11.6 Å². The molecule has 0 N–H and O–H groups in total. The largest absolute Gasteiger partial charge is 0.369 e. The van der Waals surface area contributed by atoms with Crippen LogP contribution in [0.15, 0.2) is 42.5 Å². The molecule has 28 heavy (non-hydrogen) atoms. The van der Waals surface area contributed by atoms with Gasteiger partial charge in [0, 0.05) is 36.9 Å². The number of benzene rings is 2. The van der Waals surface area contributed by atoms with Crippen molar-refractivity contribution in [2.24, 2.45) is 0 Å². The van der Waals surface area contributed by atoms with Crippen LogP contribution in [0, 0.1) is 13.8 Å². The lowest BCUT2D eigenvalue weighted by atomic mass is 10.1. The lowest BCUT2D eigenvalue weighted by molar-refractivity contribution is -0.123. The number of hydrogen-bond acceptors (Lipinski definition) is 4. The van der Waals surface area contributed by atoms with E-state index in [0.717, 1.165) is 26.2 Å². The molecule has 2 aromatic rings. The number of carbonyl (C=O) groups is 2. The van der Waals surface area contributed by atoms with Crippen molar-refractivity contribution in [2.75, 3.05) is 36.0 Å². The molecule has 0 spiro atoms. The van der Waals surface area contributed by atoms with Crippen molar-refractivity contribution in [2.45, 2.75) is 26.3 Å². The summed E-state index contributed by atoms with van der Waals surface area (Å²) in [6, 6.07) is 12.9. The normalized spacial score (nSPS) is 20.9. The van der Waals surface area contributed by atoms with Crippen LogP contribution in [0.2, 0.25) is 5.02 Å². The molecule has 2 saturated heterocycles. The topological polar surface area (TPSA) is 43.9 Å². The summed E-state index contributed by atoms with van der Waals surface area (Å²) in [5.74, 6) is -0.304. The average molecular weight is 398 g/mol. The minimum absolute atomic E-state index is 0.146. The molecule has 0 saturated carbocycles. The Bertz CT molecular complexity index is 922. The second-order valence-corrected chi connectivity index (χ2v) is 7.95. The fourth-order valence-electron chi connectivity index (χ4n) is 4.14. The molecule has 0 bridgehead atoms. The first-order chi connectivity index (χ1) is 13.5. The van der Waals surface area contributed by atoms with E-state index in [4.69, 9.17) is 11.6 Å². The summed E-state index contributed by atoms with van der Waals surface area (Å²) in [4.78, 5) is 31.3. The number of hydrogen-bond donors (Lipinski definition) is 0. The monoisotopic (exact) mass is 397 g/mol. The number of nitrogens with zero attached hydrogens (tertiary/aromatic N) is 3. The molecule has 0 radical (unpaired) electrons. The molecule has 5 nitrogen and oxygen atoms in total. The van der Waals surface area contributed by atoms with Gasteiger partial charge in [0.15, 0.2) is 0 Å². The summed E-state index contributed by atoms with van der Waals surface area (Å²) in [6.07, 6.45) is 0.231. The van der Waals surface area contributed by atoms with E-state index in [1.165, 1.54) is 21.7 Å². The number of imide groups is 1. The minimum atomic E-state index is -0.382. The standard InChI is InChI=1S/C22H24ClN3O2/c1-15-5-3-8-19(16(15)2)24-9-11-25(12-10-24)20-14-21(27)26(22(20)28)18-7-4-6-17(23)13-18/h3-8,13,20H,9-12,14H2,1-2H3. The van der Waals surface area contributed by atoms with Gasteiger partial charge in [-0.25, -0.2) is 4.90 Å². The third-order valence-electron chi connectivity index (χ3n) is 5.86. The molecule has 2 heterocycles. The van der Waals surface area contributed by atoms with E-state index >= 15 is 0 Å². The van der Waals surface area contributed by atoms with Gasteiger partial charge in [0.1, 0.15) is 0 Å². The van der Waals surface area contributed by atoms with Gasteiger partial charge >= 0.3 is 0 Å². The van der Waals surface area contributed by atoms with Gasteiger partial charge in [-0.2, -0.15) is 0 Å². The van der Waals surface area contributed by atoms with Gasteiger partial charge in [-0.3, -0.25) is 14.5 Å². The van der Waals surface area contributed by atoms with Crippen LogP contribution in [-0.2, 0) is 9.59 Å².